The minimum Gasteiger partial charge on any atom is -0.465 e. The predicted molar refractivity (Wildman–Crippen MR) is 72.5 cm³/mol. The normalized spacial score (nSPS) is 10.5. The maximum atomic E-state index is 12.8. The Morgan fingerprint density at radius 1 is 1.40 bits per heavy atom. The molecule has 0 aliphatic rings. The smallest absolute Gasteiger partial charge is 0.315 e. The SMILES string of the molecule is CCOC(=O)CSCc1nc(-c2ccc(F)cc2)no1. The number of hydrogen-bond donors (Lipinski definition) is 0. The first kappa shape index (κ1) is 14.5. The summed E-state index contributed by atoms with van der Waals surface area (Å²) >= 11 is 1.33. The number of nitrogens with zero attached hydrogens (tertiary/aromatic N) is 2. The lowest BCUT2D eigenvalue weighted by Crippen LogP contribution is -2.06. The van der Waals surface area contributed by atoms with E-state index in [2.05, 4.69) is 10.1 Å². The second kappa shape index (κ2) is 7.04. The summed E-state index contributed by atoms with van der Waals surface area (Å²) in [7, 11) is 0. The number of hydrogen-bond acceptors (Lipinski definition) is 6. The van der Waals surface area contributed by atoms with E-state index in [1.807, 2.05) is 0 Å². The zero-order chi connectivity index (χ0) is 14.4. The Morgan fingerprint density at radius 2 is 2.15 bits per heavy atom. The van der Waals surface area contributed by atoms with Crippen molar-refractivity contribution >= 4 is 17.7 Å². The minimum absolute atomic E-state index is 0.238. The second-order valence-electron chi connectivity index (χ2n) is 3.82. The fourth-order valence-electron chi connectivity index (χ4n) is 1.45. The number of ether oxygens (including phenoxy) is 1. The molecule has 2 rings (SSSR count). The molecule has 0 amide bonds. The molecule has 0 aliphatic carbocycles. The van der Waals surface area contributed by atoms with E-state index in [1.54, 1.807) is 19.1 Å². The third kappa shape index (κ3) is 4.06. The molecule has 0 bridgehead atoms. The molecule has 1 aromatic heterocycles. The third-order valence-electron chi connectivity index (χ3n) is 2.32. The Balaban J connectivity index is 1.89. The van der Waals surface area contributed by atoms with Crippen LogP contribution in [0.15, 0.2) is 28.8 Å². The quantitative estimate of drug-likeness (QED) is 0.764. The molecule has 0 unspecified atom stereocenters. The van der Waals surface area contributed by atoms with Crippen molar-refractivity contribution in [3.63, 3.8) is 0 Å². The van der Waals surface area contributed by atoms with E-state index in [4.69, 9.17) is 9.26 Å². The van der Waals surface area contributed by atoms with Crippen molar-refractivity contribution in [2.24, 2.45) is 0 Å². The third-order valence-corrected chi connectivity index (χ3v) is 3.21. The van der Waals surface area contributed by atoms with E-state index < -0.39 is 0 Å². The van der Waals surface area contributed by atoms with Crippen LogP contribution in [0.25, 0.3) is 11.4 Å². The number of thioether (sulfide) groups is 1. The molecule has 0 spiro atoms. The highest BCUT2D eigenvalue weighted by Crippen LogP contribution is 2.18. The molecule has 106 valence electrons. The van der Waals surface area contributed by atoms with Crippen molar-refractivity contribution in [3.05, 3.63) is 36.0 Å². The summed E-state index contributed by atoms with van der Waals surface area (Å²) in [4.78, 5) is 15.3. The summed E-state index contributed by atoms with van der Waals surface area (Å²) in [5.41, 5.74) is 0.678. The van der Waals surface area contributed by atoms with Gasteiger partial charge in [-0.15, -0.1) is 11.8 Å². The Hall–Kier alpha value is -1.89. The number of halogens is 1. The summed E-state index contributed by atoms with van der Waals surface area (Å²) in [6, 6.07) is 5.83. The van der Waals surface area contributed by atoms with Crippen LogP contribution in [0.4, 0.5) is 4.39 Å². The fourth-order valence-corrected chi connectivity index (χ4v) is 2.10. The molecule has 0 saturated heterocycles. The van der Waals surface area contributed by atoms with Crippen molar-refractivity contribution in [1.29, 1.82) is 0 Å². The average molecular weight is 296 g/mol. The number of aromatic nitrogens is 2. The van der Waals surface area contributed by atoms with Gasteiger partial charge in [0.15, 0.2) is 0 Å². The van der Waals surface area contributed by atoms with Gasteiger partial charge < -0.3 is 9.26 Å². The number of carbonyl (C=O) groups is 1. The summed E-state index contributed by atoms with van der Waals surface area (Å²) < 4.78 is 22.7. The highest BCUT2D eigenvalue weighted by atomic mass is 32.2. The molecule has 2 aromatic rings. The lowest BCUT2D eigenvalue weighted by Gasteiger charge is -1.99. The van der Waals surface area contributed by atoms with Crippen LogP contribution < -0.4 is 0 Å². The maximum absolute atomic E-state index is 12.8. The first-order chi connectivity index (χ1) is 9.69. The molecule has 1 aromatic carbocycles. The number of rotatable bonds is 6. The molecular weight excluding hydrogens is 283 g/mol. The first-order valence-corrected chi connectivity index (χ1v) is 7.16. The molecule has 0 fully saturated rings. The van der Waals surface area contributed by atoms with E-state index in [9.17, 15) is 9.18 Å². The van der Waals surface area contributed by atoms with E-state index in [1.165, 1.54) is 23.9 Å². The summed E-state index contributed by atoms with van der Waals surface area (Å²) in [5, 5.41) is 3.81. The molecule has 0 N–H and O–H groups in total. The average Bonchev–Trinajstić information content (AvgIpc) is 2.89. The van der Waals surface area contributed by atoms with Crippen molar-refractivity contribution in [1.82, 2.24) is 10.1 Å². The highest BCUT2D eigenvalue weighted by Gasteiger charge is 2.10. The molecule has 0 saturated carbocycles. The molecule has 0 aliphatic heterocycles. The van der Waals surface area contributed by atoms with Crippen LogP contribution in [0.1, 0.15) is 12.8 Å². The molecule has 0 radical (unpaired) electrons. The van der Waals surface area contributed by atoms with Crippen molar-refractivity contribution < 1.29 is 18.4 Å². The van der Waals surface area contributed by atoms with E-state index in [0.29, 0.717) is 29.6 Å². The van der Waals surface area contributed by atoms with E-state index >= 15 is 0 Å². The maximum Gasteiger partial charge on any atom is 0.315 e. The van der Waals surface area contributed by atoms with Gasteiger partial charge in [0.25, 0.3) is 0 Å². The van der Waals surface area contributed by atoms with Gasteiger partial charge in [-0.1, -0.05) is 5.16 Å². The van der Waals surface area contributed by atoms with Gasteiger partial charge in [0.05, 0.1) is 18.1 Å². The standard InChI is InChI=1S/C13H13FN2O3S/c1-2-18-12(17)8-20-7-11-15-13(16-19-11)9-3-5-10(14)6-4-9/h3-6H,2,7-8H2,1H3. The summed E-state index contributed by atoms with van der Waals surface area (Å²) in [6.07, 6.45) is 0. The van der Waals surface area contributed by atoms with Gasteiger partial charge in [0, 0.05) is 5.56 Å². The van der Waals surface area contributed by atoms with Crippen molar-refractivity contribution in [2.75, 3.05) is 12.4 Å². The first-order valence-electron chi connectivity index (χ1n) is 6.01. The number of benzene rings is 1. The Morgan fingerprint density at radius 3 is 2.85 bits per heavy atom. The highest BCUT2D eigenvalue weighted by molar-refractivity contribution is 7.99. The molecule has 7 heteroatoms. The van der Waals surface area contributed by atoms with Gasteiger partial charge in [-0.05, 0) is 31.2 Å². The van der Waals surface area contributed by atoms with Crippen LogP contribution >= 0.6 is 11.8 Å². The number of carbonyl (C=O) groups excluding carboxylic acids is 1. The van der Waals surface area contributed by atoms with Gasteiger partial charge in [-0.25, -0.2) is 4.39 Å². The van der Waals surface area contributed by atoms with Gasteiger partial charge in [0.1, 0.15) is 5.82 Å². The minimum atomic E-state index is -0.317. The topological polar surface area (TPSA) is 65.2 Å². The molecule has 20 heavy (non-hydrogen) atoms. The van der Waals surface area contributed by atoms with Gasteiger partial charge in [-0.2, -0.15) is 4.98 Å². The van der Waals surface area contributed by atoms with Gasteiger partial charge >= 0.3 is 5.97 Å². The fraction of sp³-hybridized carbons (Fsp3) is 0.308. The predicted octanol–water partition coefficient (Wildman–Crippen LogP) is 2.67. The second-order valence-corrected chi connectivity index (χ2v) is 4.80. The van der Waals surface area contributed by atoms with Crippen molar-refractivity contribution in [3.8, 4) is 11.4 Å². The van der Waals surface area contributed by atoms with Gasteiger partial charge in [0.2, 0.25) is 11.7 Å². The Kier molecular flexibility index (Phi) is 5.11. The molecular formula is C13H13FN2O3S. The molecule has 0 atom stereocenters. The largest absolute Gasteiger partial charge is 0.465 e. The van der Waals surface area contributed by atoms with Crippen LogP contribution in [0, 0.1) is 5.82 Å². The summed E-state index contributed by atoms with van der Waals surface area (Å²) in [5.74, 6) is 0.892. The zero-order valence-corrected chi connectivity index (χ0v) is 11.7. The van der Waals surface area contributed by atoms with Crippen LogP contribution in [-0.2, 0) is 15.3 Å². The van der Waals surface area contributed by atoms with E-state index in [-0.39, 0.29) is 17.5 Å². The van der Waals surface area contributed by atoms with Gasteiger partial charge in [-0.3, -0.25) is 4.79 Å². The van der Waals surface area contributed by atoms with Crippen LogP contribution in [0.2, 0.25) is 0 Å². The van der Waals surface area contributed by atoms with Crippen molar-refractivity contribution in [2.45, 2.75) is 12.7 Å². The number of esters is 1. The summed E-state index contributed by atoms with van der Waals surface area (Å²) in [6.45, 7) is 2.13. The zero-order valence-electron chi connectivity index (χ0n) is 10.8. The molecule has 5 nitrogen and oxygen atoms in total. The van der Waals surface area contributed by atoms with Crippen LogP contribution in [0.3, 0.4) is 0 Å². The van der Waals surface area contributed by atoms with E-state index in [0.717, 1.165) is 0 Å². The van der Waals surface area contributed by atoms with Crippen LogP contribution in [0.5, 0.6) is 0 Å². The van der Waals surface area contributed by atoms with Crippen LogP contribution in [-0.4, -0.2) is 28.5 Å². The lowest BCUT2D eigenvalue weighted by molar-refractivity contribution is -0.139. The Bertz CT molecular complexity index is 571. The molecule has 1 heterocycles. The monoisotopic (exact) mass is 296 g/mol. The Labute approximate surface area is 119 Å². The lowest BCUT2D eigenvalue weighted by atomic mass is 10.2.